The lowest BCUT2D eigenvalue weighted by Gasteiger charge is -2.05. The molecule has 88 valence electrons. The van der Waals surface area contributed by atoms with Gasteiger partial charge in [-0.1, -0.05) is 0 Å². The average Bonchev–Trinajstić information content (AvgIpc) is 2.73. The average molecular weight is 249 g/mol. The maximum Gasteiger partial charge on any atom is 0.335 e. The van der Waals surface area contributed by atoms with E-state index >= 15 is 0 Å². The first-order valence-corrected chi connectivity index (χ1v) is 5.90. The van der Waals surface area contributed by atoms with Crippen molar-refractivity contribution >= 4 is 17.3 Å². The third kappa shape index (κ3) is 2.82. The Bertz CT molecular complexity index is 519. The van der Waals surface area contributed by atoms with E-state index in [9.17, 15) is 4.79 Å². The monoisotopic (exact) mass is 249 g/mol. The van der Waals surface area contributed by atoms with E-state index < -0.39 is 5.97 Å². The first-order chi connectivity index (χ1) is 8.16. The Hall–Kier alpha value is -1.88. The Labute approximate surface area is 103 Å². The minimum absolute atomic E-state index is 0.256. The molecule has 0 spiro atoms. The van der Waals surface area contributed by atoms with Crippen LogP contribution in [0.2, 0.25) is 0 Å². The van der Waals surface area contributed by atoms with Crippen molar-refractivity contribution in [3.05, 3.63) is 45.9 Å². The Morgan fingerprint density at radius 1 is 1.41 bits per heavy atom. The predicted molar refractivity (Wildman–Crippen MR) is 64.6 cm³/mol. The lowest BCUT2D eigenvalue weighted by atomic mass is 10.2. The SMILES string of the molecule is Cc1ncsc1COc1ccc(C(=O)O)cc1. The van der Waals surface area contributed by atoms with Crippen LogP contribution >= 0.6 is 11.3 Å². The number of hydrogen-bond acceptors (Lipinski definition) is 4. The van der Waals surface area contributed by atoms with Crippen LogP contribution in [-0.2, 0) is 6.61 Å². The van der Waals surface area contributed by atoms with Crippen molar-refractivity contribution in [2.24, 2.45) is 0 Å². The number of ether oxygens (including phenoxy) is 1. The van der Waals surface area contributed by atoms with Crippen LogP contribution in [0.5, 0.6) is 5.75 Å². The quantitative estimate of drug-likeness (QED) is 0.905. The van der Waals surface area contributed by atoms with E-state index in [0.29, 0.717) is 12.4 Å². The molecule has 4 nitrogen and oxygen atoms in total. The van der Waals surface area contributed by atoms with Gasteiger partial charge in [-0.2, -0.15) is 0 Å². The molecule has 2 rings (SSSR count). The van der Waals surface area contributed by atoms with Gasteiger partial charge < -0.3 is 9.84 Å². The molecule has 0 aliphatic heterocycles. The summed E-state index contributed by atoms with van der Waals surface area (Å²) >= 11 is 1.55. The van der Waals surface area contributed by atoms with Gasteiger partial charge in [0.25, 0.3) is 0 Å². The summed E-state index contributed by atoms with van der Waals surface area (Å²) in [4.78, 5) is 15.9. The summed E-state index contributed by atoms with van der Waals surface area (Å²) in [6, 6.07) is 6.36. The van der Waals surface area contributed by atoms with Gasteiger partial charge in [0, 0.05) is 0 Å². The third-order valence-electron chi connectivity index (χ3n) is 2.32. The molecule has 1 heterocycles. The molecule has 17 heavy (non-hydrogen) atoms. The van der Waals surface area contributed by atoms with E-state index in [0.717, 1.165) is 10.6 Å². The molecule has 0 saturated carbocycles. The number of carboxylic acid groups (broad SMARTS) is 1. The van der Waals surface area contributed by atoms with Crippen molar-refractivity contribution in [1.82, 2.24) is 4.98 Å². The van der Waals surface area contributed by atoms with Crippen LogP contribution in [0.3, 0.4) is 0 Å². The summed E-state index contributed by atoms with van der Waals surface area (Å²) in [5.74, 6) is -0.280. The van der Waals surface area contributed by atoms with E-state index in [1.54, 1.807) is 29.0 Å². The van der Waals surface area contributed by atoms with Gasteiger partial charge in [0.2, 0.25) is 0 Å². The minimum atomic E-state index is -0.935. The molecule has 0 bridgehead atoms. The molecule has 2 aromatic rings. The van der Waals surface area contributed by atoms with Crippen LogP contribution in [0.15, 0.2) is 29.8 Å². The number of thiazole rings is 1. The standard InChI is InChI=1S/C12H11NO3S/c1-8-11(17-7-13-8)6-16-10-4-2-9(3-5-10)12(14)15/h2-5,7H,6H2,1H3,(H,14,15). The fraction of sp³-hybridized carbons (Fsp3) is 0.167. The summed E-state index contributed by atoms with van der Waals surface area (Å²) < 4.78 is 5.54. The highest BCUT2D eigenvalue weighted by Gasteiger charge is 2.04. The highest BCUT2D eigenvalue weighted by Crippen LogP contribution is 2.17. The van der Waals surface area contributed by atoms with Crippen molar-refractivity contribution in [2.75, 3.05) is 0 Å². The molecule has 0 fully saturated rings. The van der Waals surface area contributed by atoms with E-state index in [4.69, 9.17) is 9.84 Å². The zero-order chi connectivity index (χ0) is 12.3. The molecule has 1 aromatic carbocycles. The highest BCUT2D eigenvalue weighted by atomic mass is 32.1. The number of aryl methyl sites for hydroxylation is 1. The lowest BCUT2D eigenvalue weighted by molar-refractivity contribution is 0.0697. The molecular formula is C12H11NO3S. The molecule has 0 radical (unpaired) electrons. The van der Waals surface area contributed by atoms with Crippen LogP contribution in [0.1, 0.15) is 20.9 Å². The highest BCUT2D eigenvalue weighted by molar-refractivity contribution is 7.09. The van der Waals surface area contributed by atoms with E-state index in [1.165, 1.54) is 12.1 Å². The molecule has 0 atom stereocenters. The van der Waals surface area contributed by atoms with Crippen LogP contribution < -0.4 is 4.74 Å². The smallest absolute Gasteiger partial charge is 0.335 e. The van der Waals surface area contributed by atoms with Gasteiger partial charge in [-0.15, -0.1) is 11.3 Å². The van der Waals surface area contributed by atoms with Crippen LogP contribution in [0.4, 0.5) is 0 Å². The fourth-order valence-electron chi connectivity index (χ4n) is 1.31. The van der Waals surface area contributed by atoms with Gasteiger partial charge in [0.05, 0.1) is 21.6 Å². The minimum Gasteiger partial charge on any atom is -0.488 e. The van der Waals surface area contributed by atoms with E-state index in [-0.39, 0.29) is 5.56 Å². The maximum absolute atomic E-state index is 10.7. The van der Waals surface area contributed by atoms with Crippen molar-refractivity contribution in [3.63, 3.8) is 0 Å². The summed E-state index contributed by atoms with van der Waals surface area (Å²) in [5, 5.41) is 8.74. The lowest BCUT2D eigenvalue weighted by Crippen LogP contribution is -1.97. The van der Waals surface area contributed by atoms with Gasteiger partial charge in [-0.05, 0) is 31.2 Å². The number of carboxylic acids is 1. The maximum atomic E-state index is 10.7. The molecule has 0 unspecified atom stereocenters. The number of rotatable bonds is 4. The summed E-state index contributed by atoms with van der Waals surface area (Å²) in [6.07, 6.45) is 0. The second-order valence-corrected chi connectivity index (χ2v) is 4.42. The molecule has 0 amide bonds. The molecule has 0 aliphatic rings. The van der Waals surface area contributed by atoms with Crippen molar-refractivity contribution in [2.45, 2.75) is 13.5 Å². The Morgan fingerprint density at radius 3 is 2.65 bits per heavy atom. The molecule has 0 saturated heterocycles. The number of aromatic carboxylic acids is 1. The number of aromatic nitrogens is 1. The molecule has 1 aromatic heterocycles. The zero-order valence-corrected chi connectivity index (χ0v) is 10.0. The zero-order valence-electron chi connectivity index (χ0n) is 9.21. The van der Waals surface area contributed by atoms with Gasteiger partial charge in [-0.25, -0.2) is 9.78 Å². The van der Waals surface area contributed by atoms with Gasteiger partial charge in [-0.3, -0.25) is 0 Å². The normalized spacial score (nSPS) is 10.2. The Balaban J connectivity index is 2.00. The predicted octanol–water partition coefficient (Wildman–Crippen LogP) is 2.73. The topological polar surface area (TPSA) is 59.4 Å². The van der Waals surface area contributed by atoms with Crippen LogP contribution in [0, 0.1) is 6.92 Å². The molecule has 0 aliphatic carbocycles. The number of carbonyl (C=O) groups is 1. The molecule has 5 heteroatoms. The Kier molecular flexibility index (Phi) is 3.39. The van der Waals surface area contributed by atoms with E-state index in [1.807, 2.05) is 6.92 Å². The van der Waals surface area contributed by atoms with Crippen molar-refractivity contribution in [3.8, 4) is 5.75 Å². The van der Waals surface area contributed by atoms with Gasteiger partial charge >= 0.3 is 5.97 Å². The summed E-state index contributed by atoms with van der Waals surface area (Å²) in [5.41, 5.74) is 3.00. The van der Waals surface area contributed by atoms with Crippen LogP contribution in [0.25, 0.3) is 0 Å². The van der Waals surface area contributed by atoms with Crippen molar-refractivity contribution in [1.29, 1.82) is 0 Å². The third-order valence-corrected chi connectivity index (χ3v) is 3.22. The molecule has 1 N–H and O–H groups in total. The second-order valence-electron chi connectivity index (χ2n) is 3.48. The Morgan fingerprint density at radius 2 is 2.12 bits per heavy atom. The van der Waals surface area contributed by atoms with E-state index in [2.05, 4.69) is 4.98 Å². The number of nitrogens with zero attached hydrogens (tertiary/aromatic N) is 1. The first-order valence-electron chi connectivity index (χ1n) is 5.02. The molecular weight excluding hydrogens is 238 g/mol. The number of hydrogen-bond donors (Lipinski definition) is 1. The second kappa shape index (κ2) is 4.97. The summed E-state index contributed by atoms with van der Waals surface area (Å²) in [7, 11) is 0. The fourth-order valence-corrected chi connectivity index (χ4v) is 2.00. The largest absolute Gasteiger partial charge is 0.488 e. The number of benzene rings is 1. The first kappa shape index (κ1) is 11.6. The van der Waals surface area contributed by atoms with Crippen molar-refractivity contribution < 1.29 is 14.6 Å². The van der Waals surface area contributed by atoms with Crippen LogP contribution in [-0.4, -0.2) is 16.1 Å². The summed E-state index contributed by atoms with van der Waals surface area (Å²) in [6.45, 7) is 2.39. The van der Waals surface area contributed by atoms with Gasteiger partial charge in [0.15, 0.2) is 0 Å². The van der Waals surface area contributed by atoms with Gasteiger partial charge in [0.1, 0.15) is 12.4 Å².